The Hall–Kier alpha value is -2.08. The molecule has 3 N–H and O–H groups in total. The highest BCUT2D eigenvalue weighted by atomic mass is 16.5. The van der Waals surface area contributed by atoms with Crippen molar-refractivity contribution in [1.82, 2.24) is 5.32 Å². The van der Waals surface area contributed by atoms with Crippen LogP contribution in [-0.4, -0.2) is 41.3 Å². The molecule has 0 aliphatic rings. The third-order valence-electron chi connectivity index (χ3n) is 2.42. The number of carbonyl (C=O) groups is 2. The van der Waals surface area contributed by atoms with Gasteiger partial charge >= 0.3 is 5.97 Å². The summed E-state index contributed by atoms with van der Waals surface area (Å²) < 4.78 is 5.22. The lowest BCUT2D eigenvalue weighted by Crippen LogP contribution is -2.35. The largest absolute Gasteiger partial charge is 0.508 e. The van der Waals surface area contributed by atoms with E-state index < -0.39 is 12.1 Å². The first-order valence-electron chi connectivity index (χ1n) is 5.93. The number of ether oxygens (including phenoxy) is 1. The van der Waals surface area contributed by atoms with Crippen LogP contribution in [-0.2, 0) is 9.53 Å². The van der Waals surface area contributed by atoms with Crippen molar-refractivity contribution in [3.8, 4) is 5.75 Å². The number of aliphatic carboxylic acids is 1. The third-order valence-corrected chi connectivity index (χ3v) is 2.42. The van der Waals surface area contributed by atoms with Gasteiger partial charge in [0.05, 0.1) is 12.5 Å². The Balaban J connectivity index is 2.51. The van der Waals surface area contributed by atoms with Gasteiger partial charge in [-0.25, -0.2) is 0 Å². The van der Waals surface area contributed by atoms with E-state index in [-0.39, 0.29) is 24.6 Å². The quantitative estimate of drug-likeness (QED) is 0.685. The van der Waals surface area contributed by atoms with E-state index in [1.807, 2.05) is 0 Å². The van der Waals surface area contributed by atoms with Crippen LogP contribution < -0.4 is 5.32 Å². The Kier molecular flexibility index (Phi) is 5.81. The van der Waals surface area contributed by atoms with Crippen LogP contribution in [0.1, 0.15) is 23.7 Å². The van der Waals surface area contributed by atoms with Gasteiger partial charge in [-0.05, 0) is 31.2 Å². The van der Waals surface area contributed by atoms with E-state index in [4.69, 9.17) is 14.9 Å². The molecule has 6 nitrogen and oxygen atoms in total. The molecule has 0 fully saturated rings. The second-order valence-electron chi connectivity index (χ2n) is 3.93. The van der Waals surface area contributed by atoms with Gasteiger partial charge in [0.1, 0.15) is 5.75 Å². The van der Waals surface area contributed by atoms with Gasteiger partial charge in [0.2, 0.25) is 0 Å². The van der Waals surface area contributed by atoms with E-state index in [1.54, 1.807) is 6.92 Å². The lowest BCUT2D eigenvalue weighted by atomic mass is 10.2. The van der Waals surface area contributed by atoms with Crippen molar-refractivity contribution in [3.05, 3.63) is 29.8 Å². The minimum atomic E-state index is -0.975. The van der Waals surface area contributed by atoms with E-state index in [1.165, 1.54) is 24.3 Å². The van der Waals surface area contributed by atoms with Gasteiger partial charge in [-0.1, -0.05) is 0 Å². The van der Waals surface area contributed by atoms with E-state index in [0.29, 0.717) is 12.2 Å². The van der Waals surface area contributed by atoms with Gasteiger partial charge in [0, 0.05) is 18.7 Å². The van der Waals surface area contributed by atoms with Crippen molar-refractivity contribution in [2.24, 2.45) is 0 Å². The summed E-state index contributed by atoms with van der Waals surface area (Å²) in [4.78, 5) is 22.4. The standard InChI is InChI=1S/C13H17NO5/c1-2-19-11(7-12(16)17)8-14-13(18)9-3-5-10(15)6-4-9/h3-6,11,15H,2,7-8H2,1H3,(H,14,18)(H,16,17). The molecule has 0 radical (unpaired) electrons. The fourth-order valence-corrected chi connectivity index (χ4v) is 1.54. The Morgan fingerprint density at radius 1 is 1.32 bits per heavy atom. The molecule has 1 rings (SSSR count). The number of carboxylic acid groups (broad SMARTS) is 1. The van der Waals surface area contributed by atoms with Crippen molar-refractivity contribution < 1.29 is 24.5 Å². The van der Waals surface area contributed by atoms with Crippen molar-refractivity contribution in [2.45, 2.75) is 19.4 Å². The molecule has 104 valence electrons. The number of phenols is 1. The van der Waals surface area contributed by atoms with Crippen LogP contribution in [0, 0.1) is 0 Å². The van der Waals surface area contributed by atoms with Gasteiger partial charge in [-0.3, -0.25) is 9.59 Å². The molecule has 1 aromatic rings. The average molecular weight is 267 g/mol. The van der Waals surface area contributed by atoms with Crippen LogP contribution in [0.5, 0.6) is 5.75 Å². The Bertz CT molecular complexity index is 429. The molecule has 0 bridgehead atoms. The Labute approximate surface area is 111 Å². The van der Waals surface area contributed by atoms with Crippen LogP contribution in [0.15, 0.2) is 24.3 Å². The molecule has 0 saturated carbocycles. The number of hydrogen-bond acceptors (Lipinski definition) is 4. The van der Waals surface area contributed by atoms with Crippen LogP contribution in [0.4, 0.5) is 0 Å². The minimum Gasteiger partial charge on any atom is -0.508 e. The van der Waals surface area contributed by atoms with E-state index in [9.17, 15) is 9.59 Å². The van der Waals surface area contributed by atoms with Gasteiger partial charge < -0.3 is 20.3 Å². The maximum atomic E-state index is 11.8. The van der Waals surface area contributed by atoms with Crippen LogP contribution in [0.2, 0.25) is 0 Å². The number of nitrogens with one attached hydrogen (secondary N) is 1. The molecule has 1 unspecified atom stereocenters. The summed E-state index contributed by atoms with van der Waals surface area (Å²) in [6.45, 7) is 2.27. The molecule has 1 amide bonds. The summed E-state index contributed by atoms with van der Waals surface area (Å²) in [6, 6.07) is 5.79. The second-order valence-corrected chi connectivity index (χ2v) is 3.93. The molecule has 0 heterocycles. The van der Waals surface area contributed by atoms with Crippen molar-refractivity contribution in [2.75, 3.05) is 13.2 Å². The molecule has 0 aliphatic heterocycles. The number of carboxylic acids is 1. The molecule has 19 heavy (non-hydrogen) atoms. The number of benzene rings is 1. The van der Waals surface area contributed by atoms with Gasteiger partial charge in [-0.2, -0.15) is 0 Å². The topological polar surface area (TPSA) is 95.9 Å². The summed E-state index contributed by atoms with van der Waals surface area (Å²) >= 11 is 0. The van der Waals surface area contributed by atoms with E-state index >= 15 is 0 Å². The van der Waals surface area contributed by atoms with E-state index in [0.717, 1.165) is 0 Å². The smallest absolute Gasteiger partial charge is 0.306 e. The predicted octanol–water partition coefficient (Wildman–Crippen LogP) is 1.00. The zero-order chi connectivity index (χ0) is 14.3. The molecule has 0 aromatic heterocycles. The number of aromatic hydroxyl groups is 1. The lowest BCUT2D eigenvalue weighted by molar-refractivity contribution is -0.140. The second kappa shape index (κ2) is 7.38. The molecule has 0 saturated heterocycles. The molecular formula is C13H17NO5. The summed E-state index contributed by atoms with van der Waals surface area (Å²) in [5, 5.41) is 20.4. The zero-order valence-corrected chi connectivity index (χ0v) is 10.6. The molecule has 6 heteroatoms. The highest BCUT2D eigenvalue weighted by Crippen LogP contribution is 2.09. The molecule has 1 atom stereocenters. The SMILES string of the molecule is CCOC(CNC(=O)c1ccc(O)cc1)CC(=O)O. The highest BCUT2D eigenvalue weighted by Gasteiger charge is 2.15. The predicted molar refractivity (Wildman–Crippen MR) is 68.1 cm³/mol. The third kappa shape index (κ3) is 5.39. The maximum Gasteiger partial charge on any atom is 0.306 e. The molecule has 0 aliphatic carbocycles. The fourth-order valence-electron chi connectivity index (χ4n) is 1.54. The summed E-state index contributed by atoms with van der Waals surface area (Å²) in [5.74, 6) is -1.23. The number of phenolic OH excluding ortho intramolecular Hbond substituents is 1. The van der Waals surface area contributed by atoms with Crippen LogP contribution in [0.3, 0.4) is 0 Å². The van der Waals surface area contributed by atoms with E-state index in [2.05, 4.69) is 5.32 Å². The molecule has 0 spiro atoms. The number of rotatable bonds is 7. The minimum absolute atomic E-state index is 0.0784. The summed E-state index contributed by atoms with van der Waals surface area (Å²) in [5.41, 5.74) is 0.392. The van der Waals surface area contributed by atoms with Gasteiger partial charge in [0.25, 0.3) is 5.91 Å². The van der Waals surface area contributed by atoms with Gasteiger partial charge in [-0.15, -0.1) is 0 Å². The number of amides is 1. The van der Waals surface area contributed by atoms with Crippen molar-refractivity contribution in [1.29, 1.82) is 0 Å². The van der Waals surface area contributed by atoms with Crippen molar-refractivity contribution >= 4 is 11.9 Å². The maximum absolute atomic E-state index is 11.8. The van der Waals surface area contributed by atoms with Crippen LogP contribution >= 0.6 is 0 Å². The average Bonchev–Trinajstić information content (AvgIpc) is 2.36. The first-order valence-corrected chi connectivity index (χ1v) is 5.93. The lowest BCUT2D eigenvalue weighted by Gasteiger charge is -2.15. The first kappa shape index (κ1) is 15.0. The Morgan fingerprint density at radius 3 is 2.47 bits per heavy atom. The first-order chi connectivity index (χ1) is 9.02. The highest BCUT2D eigenvalue weighted by molar-refractivity contribution is 5.94. The number of hydrogen-bond donors (Lipinski definition) is 3. The zero-order valence-electron chi connectivity index (χ0n) is 10.6. The fraction of sp³-hybridized carbons (Fsp3) is 0.385. The van der Waals surface area contributed by atoms with Gasteiger partial charge in [0.15, 0.2) is 0 Å². The molecular weight excluding hydrogens is 250 g/mol. The monoisotopic (exact) mass is 267 g/mol. The summed E-state index contributed by atoms with van der Waals surface area (Å²) in [7, 11) is 0. The number of carbonyl (C=O) groups excluding carboxylic acids is 1. The van der Waals surface area contributed by atoms with Crippen LogP contribution in [0.25, 0.3) is 0 Å². The normalized spacial score (nSPS) is 11.8. The Morgan fingerprint density at radius 2 is 1.95 bits per heavy atom. The molecule has 1 aromatic carbocycles. The van der Waals surface area contributed by atoms with Crippen molar-refractivity contribution in [3.63, 3.8) is 0 Å². The summed E-state index contributed by atoms with van der Waals surface area (Å²) in [6.07, 6.45) is -0.715.